The molecule has 0 N–H and O–H groups in total. The molecule has 0 radical (unpaired) electrons. The number of nitrogens with zero attached hydrogens (tertiary/aromatic N) is 2. The van der Waals surface area contributed by atoms with Crippen LogP contribution in [-0.2, 0) is 0 Å². The number of benzene rings is 1. The summed E-state index contributed by atoms with van der Waals surface area (Å²) in [5.41, 5.74) is 7.00. The lowest BCUT2D eigenvalue weighted by atomic mass is 9.93. The molecule has 3 rings (SSSR count). The van der Waals surface area contributed by atoms with E-state index >= 15 is 0 Å². The minimum Gasteiger partial charge on any atom is -0.264 e. The third-order valence-corrected chi connectivity index (χ3v) is 4.03. The van der Waals surface area contributed by atoms with E-state index in [1.807, 2.05) is 24.5 Å². The van der Waals surface area contributed by atoms with Crippen LogP contribution in [-0.4, -0.2) is 9.97 Å². The van der Waals surface area contributed by atoms with Crippen molar-refractivity contribution < 1.29 is 0 Å². The SMILES string of the molecule is CC=CC(=CCC)c1cc(-c2cccnc2)cc(-c2cccnc2)c1. The van der Waals surface area contributed by atoms with Crippen molar-refractivity contribution in [3.8, 4) is 22.3 Å². The first-order valence-electron chi connectivity index (χ1n) is 8.61. The largest absolute Gasteiger partial charge is 0.264 e. The minimum absolute atomic E-state index is 0.999. The summed E-state index contributed by atoms with van der Waals surface area (Å²) < 4.78 is 0. The van der Waals surface area contributed by atoms with Crippen molar-refractivity contribution in [2.75, 3.05) is 0 Å². The highest BCUT2D eigenvalue weighted by Gasteiger charge is 2.08. The van der Waals surface area contributed by atoms with E-state index in [0.717, 1.165) is 28.7 Å². The smallest absolute Gasteiger partial charge is 0.0346 e. The standard InChI is InChI=1S/C23H22N2/c1-3-7-18(8-4-2)21-13-22(19-9-5-11-24-16-19)15-23(14-21)20-10-6-12-25-17-20/h3,5-17H,4H2,1-2H3. The van der Waals surface area contributed by atoms with Gasteiger partial charge in [0.1, 0.15) is 0 Å². The predicted molar refractivity (Wildman–Crippen MR) is 106 cm³/mol. The summed E-state index contributed by atoms with van der Waals surface area (Å²) in [6, 6.07) is 14.8. The van der Waals surface area contributed by atoms with Gasteiger partial charge in [-0.2, -0.15) is 0 Å². The number of allylic oxidation sites excluding steroid dienone is 4. The van der Waals surface area contributed by atoms with Gasteiger partial charge in [0.2, 0.25) is 0 Å². The Morgan fingerprint density at radius 3 is 1.92 bits per heavy atom. The van der Waals surface area contributed by atoms with Crippen molar-refractivity contribution in [2.24, 2.45) is 0 Å². The second-order valence-corrected chi connectivity index (χ2v) is 5.85. The van der Waals surface area contributed by atoms with Gasteiger partial charge in [0.15, 0.2) is 0 Å². The van der Waals surface area contributed by atoms with Crippen LogP contribution in [0.5, 0.6) is 0 Å². The Hall–Kier alpha value is -3.00. The molecular weight excluding hydrogens is 304 g/mol. The maximum absolute atomic E-state index is 4.27. The number of hydrogen-bond donors (Lipinski definition) is 0. The zero-order valence-electron chi connectivity index (χ0n) is 14.7. The van der Waals surface area contributed by atoms with Gasteiger partial charge in [-0.15, -0.1) is 0 Å². The van der Waals surface area contributed by atoms with Crippen molar-refractivity contribution in [1.29, 1.82) is 0 Å². The quantitative estimate of drug-likeness (QED) is 0.523. The van der Waals surface area contributed by atoms with Gasteiger partial charge in [0.25, 0.3) is 0 Å². The van der Waals surface area contributed by atoms with Gasteiger partial charge in [0, 0.05) is 35.9 Å². The first kappa shape index (κ1) is 16.8. The molecule has 2 heteroatoms. The summed E-state index contributed by atoms with van der Waals surface area (Å²) >= 11 is 0. The number of pyridine rings is 2. The average molecular weight is 326 g/mol. The van der Waals surface area contributed by atoms with E-state index in [1.165, 1.54) is 11.1 Å². The lowest BCUT2D eigenvalue weighted by molar-refractivity contribution is 1.23. The molecule has 0 saturated carbocycles. The van der Waals surface area contributed by atoms with Gasteiger partial charge < -0.3 is 0 Å². The molecule has 0 aliphatic heterocycles. The lowest BCUT2D eigenvalue weighted by Crippen LogP contribution is -1.89. The molecule has 0 atom stereocenters. The molecule has 1 aromatic carbocycles. The molecule has 2 aromatic heterocycles. The Morgan fingerprint density at radius 2 is 1.48 bits per heavy atom. The van der Waals surface area contributed by atoms with Gasteiger partial charge in [-0.3, -0.25) is 9.97 Å². The van der Waals surface area contributed by atoms with Crippen molar-refractivity contribution in [1.82, 2.24) is 9.97 Å². The molecule has 3 aromatic rings. The van der Waals surface area contributed by atoms with Crippen molar-refractivity contribution in [3.63, 3.8) is 0 Å². The summed E-state index contributed by atoms with van der Waals surface area (Å²) in [5.74, 6) is 0. The Labute approximate surface area is 149 Å². The van der Waals surface area contributed by atoms with Crippen LogP contribution >= 0.6 is 0 Å². The molecule has 0 saturated heterocycles. The summed E-state index contributed by atoms with van der Waals surface area (Å²) in [6.07, 6.45) is 14.9. The second kappa shape index (κ2) is 8.20. The monoisotopic (exact) mass is 326 g/mol. The van der Waals surface area contributed by atoms with Crippen LogP contribution in [0.2, 0.25) is 0 Å². The third kappa shape index (κ3) is 4.10. The van der Waals surface area contributed by atoms with E-state index in [4.69, 9.17) is 0 Å². The molecule has 0 bridgehead atoms. The van der Waals surface area contributed by atoms with E-state index in [9.17, 15) is 0 Å². The van der Waals surface area contributed by atoms with Crippen LogP contribution in [0.25, 0.3) is 27.8 Å². The summed E-state index contributed by atoms with van der Waals surface area (Å²) in [7, 11) is 0. The summed E-state index contributed by atoms with van der Waals surface area (Å²) in [5, 5.41) is 0. The van der Waals surface area contributed by atoms with Gasteiger partial charge >= 0.3 is 0 Å². The van der Waals surface area contributed by atoms with E-state index in [0.29, 0.717) is 0 Å². The molecule has 0 aliphatic rings. The molecule has 0 unspecified atom stereocenters. The molecule has 0 aliphatic carbocycles. The Morgan fingerprint density at radius 1 is 0.880 bits per heavy atom. The first-order chi connectivity index (χ1) is 12.3. The van der Waals surface area contributed by atoms with Crippen molar-refractivity contribution in [3.05, 3.63) is 91.0 Å². The fourth-order valence-corrected chi connectivity index (χ4v) is 2.88. The number of rotatable bonds is 5. The summed E-state index contributed by atoms with van der Waals surface area (Å²) in [4.78, 5) is 8.54. The normalized spacial score (nSPS) is 11.8. The fourth-order valence-electron chi connectivity index (χ4n) is 2.88. The second-order valence-electron chi connectivity index (χ2n) is 5.85. The Balaban J connectivity index is 2.20. The molecule has 0 amide bonds. The average Bonchev–Trinajstić information content (AvgIpc) is 2.69. The zero-order valence-corrected chi connectivity index (χ0v) is 14.7. The molecule has 124 valence electrons. The fraction of sp³-hybridized carbons (Fsp3) is 0.130. The van der Waals surface area contributed by atoms with E-state index in [-0.39, 0.29) is 0 Å². The van der Waals surface area contributed by atoms with Crippen molar-refractivity contribution >= 4 is 5.57 Å². The third-order valence-electron chi connectivity index (χ3n) is 4.03. The van der Waals surface area contributed by atoms with E-state index < -0.39 is 0 Å². The minimum atomic E-state index is 0.999. The maximum Gasteiger partial charge on any atom is 0.0346 e. The molecule has 0 spiro atoms. The Bertz CT molecular complexity index is 821. The van der Waals surface area contributed by atoms with Crippen LogP contribution in [0.4, 0.5) is 0 Å². The van der Waals surface area contributed by atoms with Crippen LogP contribution in [0, 0.1) is 0 Å². The van der Waals surface area contributed by atoms with E-state index in [2.05, 4.69) is 72.4 Å². The van der Waals surface area contributed by atoms with Gasteiger partial charge in [0.05, 0.1) is 0 Å². The highest BCUT2D eigenvalue weighted by atomic mass is 14.6. The lowest BCUT2D eigenvalue weighted by Gasteiger charge is -2.11. The number of hydrogen-bond acceptors (Lipinski definition) is 2. The summed E-state index contributed by atoms with van der Waals surface area (Å²) in [6.45, 7) is 4.22. The Kier molecular flexibility index (Phi) is 5.53. The highest BCUT2D eigenvalue weighted by Crippen LogP contribution is 2.31. The van der Waals surface area contributed by atoms with Crippen LogP contribution in [0.1, 0.15) is 25.8 Å². The van der Waals surface area contributed by atoms with Crippen LogP contribution in [0.3, 0.4) is 0 Å². The molecule has 25 heavy (non-hydrogen) atoms. The zero-order chi connectivity index (χ0) is 17.5. The molecular formula is C23H22N2. The predicted octanol–water partition coefficient (Wildman–Crippen LogP) is 6.18. The van der Waals surface area contributed by atoms with Gasteiger partial charge in [-0.25, -0.2) is 0 Å². The molecule has 0 fully saturated rings. The van der Waals surface area contributed by atoms with Crippen LogP contribution in [0.15, 0.2) is 85.5 Å². The molecule has 2 heterocycles. The topological polar surface area (TPSA) is 25.8 Å². The van der Waals surface area contributed by atoms with Crippen molar-refractivity contribution in [2.45, 2.75) is 20.3 Å². The van der Waals surface area contributed by atoms with E-state index in [1.54, 1.807) is 12.4 Å². The van der Waals surface area contributed by atoms with Gasteiger partial charge in [-0.05, 0) is 65.9 Å². The number of aromatic nitrogens is 2. The maximum atomic E-state index is 4.27. The van der Waals surface area contributed by atoms with Gasteiger partial charge in [-0.1, -0.05) is 37.3 Å². The molecule has 2 nitrogen and oxygen atoms in total. The first-order valence-corrected chi connectivity index (χ1v) is 8.61. The highest BCUT2D eigenvalue weighted by molar-refractivity contribution is 5.82. The van der Waals surface area contributed by atoms with Crippen LogP contribution < -0.4 is 0 Å².